The molecule has 49 heavy (non-hydrogen) atoms. The number of para-hydroxylation sites is 2. The quantitative estimate of drug-likeness (QED) is 0.236. The van der Waals surface area contributed by atoms with Gasteiger partial charge in [0.15, 0.2) is 0 Å². The van der Waals surface area contributed by atoms with Crippen LogP contribution in [0.25, 0.3) is 6.08 Å². The van der Waals surface area contributed by atoms with E-state index in [-0.39, 0.29) is 12.0 Å². The number of ether oxygens (including phenoxy) is 1. The number of nitrogens with zero attached hydrogens (tertiary/aromatic N) is 1. The summed E-state index contributed by atoms with van der Waals surface area (Å²) in [7, 11) is 0. The zero-order chi connectivity index (χ0) is 32.6. The molecule has 4 aromatic carbocycles. The Hall–Kier alpha value is -5.41. The molecule has 0 aromatic heterocycles. The Balaban J connectivity index is 1.22. The molecule has 4 aromatic rings. The fourth-order valence-electron chi connectivity index (χ4n) is 8.59. The van der Waals surface area contributed by atoms with Crippen LogP contribution in [-0.4, -0.2) is 5.84 Å². The SMILES string of the molecule is C1=CCC(C2(C3=CCCC=C3)c3ccccc3Oc3ccccc32)C(C2=CCC(c3ccc4c(c3)CCC=C4)NC(c3ccccc3)=N2)=C1. The van der Waals surface area contributed by atoms with Gasteiger partial charge in [0, 0.05) is 22.6 Å². The fourth-order valence-corrected chi connectivity index (χ4v) is 8.59. The van der Waals surface area contributed by atoms with E-state index in [1.165, 1.54) is 39.0 Å². The van der Waals surface area contributed by atoms with E-state index in [0.717, 1.165) is 67.1 Å². The van der Waals surface area contributed by atoms with Crippen LogP contribution in [0, 0.1) is 5.92 Å². The molecule has 2 heterocycles. The van der Waals surface area contributed by atoms with Crippen LogP contribution in [0.15, 0.2) is 168 Å². The molecule has 0 fully saturated rings. The minimum absolute atomic E-state index is 0.0943. The van der Waals surface area contributed by atoms with Crippen molar-refractivity contribution in [1.82, 2.24) is 5.32 Å². The molecule has 0 bridgehead atoms. The van der Waals surface area contributed by atoms with Crippen LogP contribution in [0.3, 0.4) is 0 Å². The second kappa shape index (κ2) is 12.6. The summed E-state index contributed by atoms with van der Waals surface area (Å²) in [5.74, 6) is 2.88. The Morgan fingerprint density at radius 2 is 1.49 bits per heavy atom. The number of hydrogen-bond donors (Lipinski definition) is 1. The average Bonchev–Trinajstić information content (AvgIpc) is 3.41. The lowest BCUT2D eigenvalue weighted by Crippen LogP contribution is -2.42. The summed E-state index contributed by atoms with van der Waals surface area (Å²) >= 11 is 0. The van der Waals surface area contributed by atoms with E-state index in [2.05, 4.69) is 157 Å². The molecule has 1 N–H and O–H groups in total. The summed E-state index contributed by atoms with van der Waals surface area (Å²) in [4.78, 5) is 5.55. The molecule has 2 atom stereocenters. The van der Waals surface area contributed by atoms with Gasteiger partial charge in [0.2, 0.25) is 0 Å². The molecule has 5 aliphatic rings. The van der Waals surface area contributed by atoms with Crippen molar-refractivity contribution in [3.05, 3.63) is 196 Å². The zero-order valence-corrected chi connectivity index (χ0v) is 27.7. The Labute approximate surface area is 289 Å². The molecule has 3 aliphatic carbocycles. The van der Waals surface area contributed by atoms with Gasteiger partial charge < -0.3 is 10.1 Å². The Kier molecular flexibility index (Phi) is 7.61. The minimum atomic E-state index is -0.451. The Morgan fingerprint density at radius 1 is 0.714 bits per heavy atom. The number of rotatable bonds is 5. The van der Waals surface area contributed by atoms with Gasteiger partial charge in [-0.2, -0.15) is 0 Å². The fraction of sp³-hybridized carbons (Fsp3) is 0.196. The van der Waals surface area contributed by atoms with Crippen LogP contribution in [0.1, 0.15) is 71.5 Å². The zero-order valence-electron chi connectivity index (χ0n) is 27.7. The predicted octanol–water partition coefficient (Wildman–Crippen LogP) is 10.9. The maximum absolute atomic E-state index is 6.65. The monoisotopic (exact) mass is 636 g/mol. The van der Waals surface area contributed by atoms with Crippen LogP contribution >= 0.6 is 0 Å². The third-order valence-electron chi connectivity index (χ3n) is 10.9. The first-order chi connectivity index (χ1) is 24.3. The molecule has 2 aliphatic heterocycles. The third kappa shape index (κ3) is 5.16. The first kappa shape index (κ1) is 29.7. The smallest absolute Gasteiger partial charge is 0.134 e. The van der Waals surface area contributed by atoms with Crippen LogP contribution in [0.5, 0.6) is 11.5 Å². The van der Waals surface area contributed by atoms with Gasteiger partial charge in [0.25, 0.3) is 0 Å². The van der Waals surface area contributed by atoms with Crippen LogP contribution < -0.4 is 10.1 Å². The van der Waals surface area contributed by atoms with Gasteiger partial charge in [-0.3, -0.25) is 0 Å². The topological polar surface area (TPSA) is 33.6 Å². The van der Waals surface area contributed by atoms with E-state index in [4.69, 9.17) is 9.73 Å². The maximum Gasteiger partial charge on any atom is 0.134 e. The summed E-state index contributed by atoms with van der Waals surface area (Å²) in [5, 5.41) is 3.92. The molecule has 3 heteroatoms. The highest BCUT2D eigenvalue weighted by Crippen LogP contribution is 2.60. The largest absolute Gasteiger partial charge is 0.457 e. The van der Waals surface area contributed by atoms with Gasteiger partial charge in [-0.15, -0.1) is 0 Å². The molecule has 0 spiro atoms. The van der Waals surface area contributed by atoms with E-state index >= 15 is 0 Å². The van der Waals surface area contributed by atoms with Gasteiger partial charge in [-0.1, -0.05) is 140 Å². The number of benzene rings is 4. The van der Waals surface area contributed by atoms with E-state index in [9.17, 15) is 0 Å². The predicted molar refractivity (Wildman–Crippen MR) is 201 cm³/mol. The molecule has 9 rings (SSSR count). The average molecular weight is 637 g/mol. The lowest BCUT2D eigenvalue weighted by molar-refractivity contribution is 0.357. The molecule has 0 saturated carbocycles. The summed E-state index contributed by atoms with van der Waals surface area (Å²) in [5.41, 5.74) is 10.8. The van der Waals surface area contributed by atoms with E-state index < -0.39 is 5.41 Å². The van der Waals surface area contributed by atoms with E-state index in [0.29, 0.717) is 0 Å². The van der Waals surface area contributed by atoms with Crippen molar-refractivity contribution in [1.29, 1.82) is 0 Å². The van der Waals surface area contributed by atoms with Gasteiger partial charge in [0.1, 0.15) is 17.3 Å². The third-order valence-corrected chi connectivity index (χ3v) is 10.9. The van der Waals surface area contributed by atoms with E-state index in [1.54, 1.807) is 0 Å². The van der Waals surface area contributed by atoms with Gasteiger partial charge in [0.05, 0.1) is 17.2 Å². The molecular formula is C46H40N2O. The van der Waals surface area contributed by atoms with Crippen LogP contribution in [-0.2, 0) is 11.8 Å². The molecule has 0 amide bonds. The number of amidine groups is 1. The van der Waals surface area contributed by atoms with Crippen molar-refractivity contribution < 1.29 is 4.74 Å². The normalized spacial score (nSPS) is 21.7. The van der Waals surface area contributed by atoms with Gasteiger partial charge in [-0.05, 0) is 78.5 Å². The van der Waals surface area contributed by atoms with Crippen molar-refractivity contribution in [3.63, 3.8) is 0 Å². The molecule has 2 unspecified atom stereocenters. The number of allylic oxidation sites excluding steroid dienone is 9. The lowest BCUT2D eigenvalue weighted by Gasteiger charge is -2.48. The molecule has 240 valence electrons. The number of nitrogens with one attached hydrogen (secondary N) is 1. The summed E-state index contributed by atoms with van der Waals surface area (Å²) in [6.45, 7) is 0. The number of fused-ring (bicyclic) bond motifs is 3. The standard InChI is InChI=1S/C46H40N2O/c1-3-16-33(17-4-1)45-47-41(35-28-27-32-15-7-8-18-34(32)31-35)29-30-42(48-45)37-21-9-10-22-38(37)46(36-19-5-2-6-20-36)39-23-11-13-25-43(39)49-44-26-14-12-24-40(44)46/h1,3-5,7,9-17,19-21,23-28,30-31,38,41H,2,6,8,18,22,29H2,(H,47,48). The van der Waals surface area contributed by atoms with Gasteiger partial charge >= 0.3 is 0 Å². The highest BCUT2D eigenvalue weighted by Gasteiger charge is 2.51. The number of aryl methyl sites for hydroxylation is 1. The highest BCUT2D eigenvalue weighted by molar-refractivity contribution is 6.00. The van der Waals surface area contributed by atoms with Crippen molar-refractivity contribution >= 4 is 11.9 Å². The van der Waals surface area contributed by atoms with Crippen LogP contribution in [0.2, 0.25) is 0 Å². The summed E-state index contributed by atoms with van der Waals surface area (Å²) in [6, 6.07) is 35.1. The van der Waals surface area contributed by atoms with Crippen LogP contribution in [0.4, 0.5) is 0 Å². The first-order valence-corrected chi connectivity index (χ1v) is 17.8. The van der Waals surface area contributed by atoms with Crippen molar-refractivity contribution in [3.8, 4) is 11.5 Å². The number of hydrogen-bond acceptors (Lipinski definition) is 3. The lowest BCUT2D eigenvalue weighted by atomic mass is 9.56. The van der Waals surface area contributed by atoms with Crippen molar-refractivity contribution in [2.24, 2.45) is 10.9 Å². The molecular weight excluding hydrogens is 597 g/mol. The first-order valence-electron chi connectivity index (χ1n) is 17.8. The summed E-state index contributed by atoms with van der Waals surface area (Å²) < 4.78 is 6.65. The van der Waals surface area contributed by atoms with Gasteiger partial charge in [-0.25, -0.2) is 4.99 Å². The minimum Gasteiger partial charge on any atom is -0.457 e. The molecule has 3 nitrogen and oxygen atoms in total. The molecule has 0 saturated heterocycles. The maximum atomic E-state index is 6.65. The Bertz CT molecular complexity index is 2090. The van der Waals surface area contributed by atoms with Crippen molar-refractivity contribution in [2.45, 2.75) is 50.0 Å². The Morgan fingerprint density at radius 3 is 2.29 bits per heavy atom. The highest BCUT2D eigenvalue weighted by atomic mass is 16.5. The number of aliphatic imine (C=N–C) groups is 1. The van der Waals surface area contributed by atoms with E-state index in [1.807, 2.05) is 0 Å². The second-order valence-corrected chi connectivity index (χ2v) is 13.6. The second-order valence-electron chi connectivity index (χ2n) is 13.6. The van der Waals surface area contributed by atoms with Crippen molar-refractivity contribution in [2.75, 3.05) is 0 Å². The summed E-state index contributed by atoms with van der Waals surface area (Å²) in [6.07, 6.45) is 27.0. The molecule has 0 radical (unpaired) electrons.